The molecule has 0 aromatic rings. The van der Waals surface area contributed by atoms with Crippen LogP contribution in [0.5, 0.6) is 0 Å². The molecule has 1 saturated heterocycles. The van der Waals surface area contributed by atoms with Gasteiger partial charge in [0.15, 0.2) is 0 Å². The number of aliphatic hydroxyl groups excluding tert-OH is 3. The van der Waals surface area contributed by atoms with Crippen LogP contribution in [-0.2, 0) is 4.74 Å². The van der Waals surface area contributed by atoms with Gasteiger partial charge in [-0.05, 0) is 6.92 Å². The summed E-state index contributed by atoms with van der Waals surface area (Å²) in [5, 5.41) is 27.3. The fourth-order valence-corrected chi connectivity index (χ4v) is 1.08. The van der Waals surface area contributed by atoms with E-state index in [1.807, 2.05) is 0 Å². The third-order valence-electron chi connectivity index (χ3n) is 1.89. The molecule has 0 radical (unpaired) electrons. The minimum atomic E-state index is -1.21. The van der Waals surface area contributed by atoms with Crippen LogP contribution in [0.3, 0.4) is 0 Å². The van der Waals surface area contributed by atoms with Crippen molar-refractivity contribution in [2.24, 2.45) is 5.73 Å². The largest absolute Gasteiger partial charge is 0.388 e. The number of ether oxygens (including phenoxy) is 1. The summed E-state index contributed by atoms with van der Waals surface area (Å²) in [5.74, 6) is 0. The van der Waals surface area contributed by atoms with Gasteiger partial charge in [0, 0.05) is 0 Å². The minimum absolute atomic E-state index is 0.539. The van der Waals surface area contributed by atoms with Gasteiger partial charge < -0.3 is 25.8 Å². The van der Waals surface area contributed by atoms with Crippen molar-refractivity contribution in [3.05, 3.63) is 0 Å². The molecular weight excluding hydrogens is 150 g/mol. The summed E-state index contributed by atoms with van der Waals surface area (Å²) in [4.78, 5) is 0. The molecule has 1 rings (SSSR count). The van der Waals surface area contributed by atoms with E-state index in [-0.39, 0.29) is 0 Å². The first kappa shape index (κ1) is 8.89. The topological polar surface area (TPSA) is 95.9 Å². The van der Waals surface area contributed by atoms with E-state index < -0.39 is 30.6 Å². The first-order chi connectivity index (χ1) is 5.04. The van der Waals surface area contributed by atoms with Gasteiger partial charge in [-0.15, -0.1) is 0 Å². The van der Waals surface area contributed by atoms with Crippen LogP contribution in [0, 0.1) is 0 Å². The summed E-state index contributed by atoms with van der Waals surface area (Å²) in [6.07, 6.45) is -4.94. The summed E-state index contributed by atoms with van der Waals surface area (Å²) in [6, 6.07) is 0. The SMILES string of the molecule is C[C@H]1O[C@@H](N)[C@H](O)[C@@H](O)[C@H]1O. The molecule has 0 saturated carbocycles. The molecule has 1 aliphatic heterocycles. The Hall–Kier alpha value is -0.200. The predicted octanol–water partition coefficient (Wildman–Crippen LogP) is -2.23. The number of hydrogen-bond donors (Lipinski definition) is 4. The Morgan fingerprint density at radius 2 is 1.64 bits per heavy atom. The van der Waals surface area contributed by atoms with Crippen molar-refractivity contribution >= 4 is 0 Å². The molecule has 5 heteroatoms. The van der Waals surface area contributed by atoms with Crippen molar-refractivity contribution in [2.45, 2.75) is 37.6 Å². The standard InChI is InChI=1S/C6H13NO4/c1-2-3(8)4(9)5(10)6(7)11-2/h2-6,8-10H,7H2,1H3/t2-,3+,4+,5-,6-/m1/s1. The summed E-state index contributed by atoms with van der Waals surface area (Å²) in [7, 11) is 0. The molecule has 1 aliphatic rings. The van der Waals surface area contributed by atoms with E-state index in [9.17, 15) is 0 Å². The highest BCUT2D eigenvalue weighted by atomic mass is 16.5. The van der Waals surface area contributed by atoms with Crippen LogP contribution in [0.15, 0.2) is 0 Å². The summed E-state index contributed by atoms with van der Waals surface area (Å²) in [5.41, 5.74) is 5.28. The second-order valence-electron chi connectivity index (χ2n) is 2.78. The van der Waals surface area contributed by atoms with Crippen molar-refractivity contribution in [1.29, 1.82) is 0 Å². The Kier molecular flexibility index (Phi) is 2.46. The van der Waals surface area contributed by atoms with Gasteiger partial charge in [-0.2, -0.15) is 0 Å². The van der Waals surface area contributed by atoms with Gasteiger partial charge in [-0.25, -0.2) is 0 Å². The van der Waals surface area contributed by atoms with Crippen molar-refractivity contribution in [3.8, 4) is 0 Å². The van der Waals surface area contributed by atoms with E-state index in [0.29, 0.717) is 0 Å². The first-order valence-corrected chi connectivity index (χ1v) is 3.49. The van der Waals surface area contributed by atoms with E-state index in [1.165, 1.54) is 0 Å². The molecule has 0 amide bonds. The van der Waals surface area contributed by atoms with Crippen molar-refractivity contribution in [1.82, 2.24) is 0 Å². The number of aliphatic hydroxyl groups is 3. The van der Waals surface area contributed by atoms with Crippen LogP contribution < -0.4 is 5.73 Å². The second-order valence-corrected chi connectivity index (χ2v) is 2.78. The monoisotopic (exact) mass is 163 g/mol. The van der Waals surface area contributed by atoms with Gasteiger partial charge in [0.25, 0.3) is 0 Å². The van der Waals surface area contributed by atoms with Crippen LogP contribution in [-0.4, -0.2) is 46.0 Å². The van der Waals surface area contributed by atoms with Gasteiger partial charge in [-0.1, -0.05) is 0 Å². The lowest BCUT2D eigenvalue weighted by molar-refractivity contribution is -0.215. The lowest BCUT2D eigenvalue weighted by Gasteiger charge is -2.37. The minimum Gasteiger partial charge on any atom is -0.388 e. The molecule has 0 bridgehead atoms. The molecule has 0 aromatic heterocycles. The zero-order valence-corrected chi connectivity index (χ0v) is 6.21. The van der Waals surface area contributed by atoms with E-state index in [2.05, 4.69) is 0 Å². The van der Waals surface area contributed by atoms with E-state index in [0.717, 1.165) is 0 Å². The van der Waals surface area contributed by atoms with Crippen molar-refractivity contribution in [2.75, 3.05) is 0 Å². The van der Waals surface area contributed by atoms with Gasteiger partial charge in [0.05, 0.1) is 6.10 Å². The molecular formula is C6H13NO4. The Morgan fingerprint density at radius 3 is 2.18 bits per heavy atom. The predicted molar refractivity (Wildman–Crippen MR) is 36.5 cm³/mol. The molecule has 1 fully saturated rings. The molecule has 0 spiro atoms. The summed E-state index contributed by atoms with van der Waals surface area (Å²) in [6.45, 7) is 1.58. The maximum Gasteiger partial charge on any atom is 0.135 e. The van der Waals surface area contributed by atoms with Crippen LogP contribution in [0.25, 0.3) is 0 Å². The van der Waals surface area contributed by atoms with E-state index in [4.69, 9.17) is 25.8 Å². The maximum atomic E-state index is 9.14. The molecule has 0 aliphatic carbocycles. The highest BCUT2D eigenvalue weighted by molar-refractivity contribution is 4.87. The zero-order chi connectivity index (χ0) is 8.59. The van der Waals surface area contributed by atoms with Gasteiger partial charge in [-0.3, -0.25) is 0 Å². The molecule has 5 nitrogen and oxygen atoms in total. The molecule has 1 heterocycles. The smallest absolute Gasteiger partial charge is 0.135 e. The molecule has 66 valence electrons. The van der Waals surface area contributed by atoms with Crippen LogP contribution in [0.2, 0.25) is 0 Å². The number of hydrogen-bond acceptors (Lipinski definition) is 5. The van der Waals surface area contributed by atoms with E-state index >= 15 is 0 Å². The average molecular weight is 163 g/mol. The van der Waals surface area contributed by atoms with Crippen molar-refractivity contribution in [3.63, 3.8) is 0 Å². The van der Waals surface area contributed by atoms with E-state index in [1.54, 1.807) is 6.92 Å². The average Bonchev–Trinajstić information content (AvgIpc) is 1.97. The normalized spacial score (nSPS) is 52.6. The second kappa shape index (κ2) is 3.04. The zero-order valence-electron chi connectivity index (χ0n) is 6.21. The Balaban J connectivity index is 2.63. The van der Waals surface area contributed by atoms with Crippen molar-refractivity contribution < 1.29 is 20.1 Å². The lowest BCUT2D eigenvalue weighted by atomic mass is 9.99. The van der Waals surface area contributed by atoms with Gasteiger partial charge in [0.2, 0.25) is 0 Å². The highest BCUT2D eigenvalue weighted by Crippen LogP contribution is 2.17. The summed E-state index contributed by atoms with van der Waals surface area (Å²) >= 11 is 0. The molecule has 5 N–H and O–H groups in total. The van der Waals surface area contributed by atoms with Gasteiger partial charge >= 0.3 is 0 Å². The van der Waals surface area contributed by atoms with Crippen LogP contribution >= 0.6 is 0 Å². The maximum absolute atomic E-state index is 9.14. The van der Waals surface area contributed by atoms with Gasteiger partial charge in [0.1, 0.15) is 24.5 Å². The highest BCUT2D eigenvalue weighted by Gasteiger charge is 2.39. The fraction of sp³-hybridized carbons (Fsp3) is 1.00. The number of rotatable bonds is 0. The Labute approximate surface area is 64.4 Å². The fourth-order valence-electron chi connectivity index (χ4n) is 1.08. The first-order valence-electron chi connectivity index (χ1n) is 3.49. The van der Waals surface area contributed by atoms with Crippen LogP contribution in [0.1, 0.15) is 6.92 Å². The molecule has 0 unspecified atom stereocenters. The lowest BCUT2D eigenvalue weighted by Crippen LogP contribution is -2.59. The molecule has 5 atom stereocenters. The van der Waals surface area contributed by atoms with Crippen LogP contribution in [0.4, 0.5) is 0 Å². The third-order valence-corrected chi connectivity index (χ3v) is 1.89. The quantitative estimate of drug-likeness (QED) is 0.324. The Morgan fingerprint density at radius 1 is 1.09 bits per heavy atom. The summed E-state index contributed by atoms with van der Waals surface area (Å²) < 4.78 is 4.90. The Bertz CT molecular complexity index is 129. The molecule has 0 aromatic carbocycles. The number of nitrogens with two attached hydrogens (primary N) is 1. The molecule has 11 heavy (non-hydrogen) atoms. The third kappa shape index (κ3) is 1.52.